The molecule has 9 nitrogen and oxygen atoms in total. The van der Waals surface area contributed by atoms with Crippen molar-refractivity contribution in [3.63, 3.8) is 0 Å². The lowest BCUT2D eigenvalue weighted by atomic mass is 9.96. The molecule has 156 valence electrons. The number of hydrogen-bond acceptors (Lipinski definition) is 6. The van der Waals surface area contributed by atoms with Gasteiger partial charge in [-0.15, -0.1) is 0 Å². The van der Waals surface area contributed by atoms with Crippen LogP contribution < -0.4 is 10.9 Å². The topological polar surface area (TPSA) is 109 Å². The molecule has 0 aliphatic carbocycles. The number of imidazole rings is 1. The summed E-state index contributed by atoms with van der Waals surface area (Å²) >= 11 is 0. The van der Waals surface area contributed by atoms with E-state index in [1.165, 1.54) is 6.08 Å². The lowest BCUT2D eigenvalue weighted by molar-refractivity contribution is -0.132. The number of aryl methyl sites for hydroxylation is 1. The number of amides is 1. The molecular formula is C22H21N7O2. The number of rotatable bonds is 6. The Labute approximate surface area is 177 Å². The molecule has 1 aliphatic heterocycles. The molecule has 4 aromatic rings. The molecule has 3 aromatic heterocycles. The number of carbonyl (C=O) groups excluding carboxylic acids is 1. The number of likely N-dealkylation sites (tertiary alicyclic amines) is 1. The maximum Gasteiger partial charge on any atom is 0.252 e. The minimum Gasteiger partial charge on any atom is -0.345 e. The number of carbonyl (C=O) groups is 1. The van der Waals surface area contributed by atoms with Crippen molar-refractivity contribution in [1.29, 1.82) is 0 Å². The minimum absolute atomic E-state index is 0.0462. The maximum atomic E-state index is 12.6. The van der Waals surface area contributed by atoms with Crippen molar-refractivity contribution in [3.8, 4) is 0 Å². The quantitative estimate of drug-likeness (QED) is 0.468. The molecule has 1 aliphatic rings. The molecule has 1 amide bonds. The van der Waals surface area contributed by atoms with Gasteiger partial charge in [0.2, 0.25) is 11.9 Å². The fraction of sp³-hybridized carbons (Fsp3) is 0.227. The van der Waals surface area contributed by atoms with Gasteiger partial charge in [-0.1, -0.05) is 6.58 Å². The van der Waals surface area contributed by atoms with Crippen molar-refractivity contribution in [1.82, 2.24) is 29.4 Å². The monoisotopic (exact) mass is 415 g/mol. The van der Waals surface area contributed by atoms with Crippen LogP contribution in [0.25, 0.3) is 22.1 Å². The van der Waals surface area contributed by atoms with Gasteiger partial charge in [-0.2, -0.15) is 4.98 Å². The van der Waals surface area contributed by atoms with Crippen LogP contribution in [0.5, 0.6) is 0 Å². The molecule has 4 heterocycles. The predicted molar refractivity (Wildman–Crippen MR) is 118 cm³/mol. The van der Waals surface area contributed by atoms with Gasteiger partial charge in [-0.25, -0.2) is 9.97 Å². The maximum absolute atomic E-state index is 12.6. The average molecular weight is 415 g/mol. The van der Waals surface area contributed by atoms with Gasteiger partial charge in [-0.3, -0.25) is 14.2 Å². The highest BCUT2D eigenvalue weighted by Gasteiger charge is 2.28. The van der Waals surface area contributed by atoms with E-state index in [9.17, 15) is 9.59 Å². The molecule has 1 aromatic carbocycles. The van der Waals surface area contributed by atoms with Crippen LogP contribution >= 0.6 is 0 Å². The number of nitrogens with one attached hydrogen (secondary N) is 2. The Balaban J connectivity index is 1.36. The lowest BCUT2D eigenvalue weighted by Gasteiger charge is -2.38. The molecule has 5 rings (SSSR count). The van der Waals surface area contributed by atoms with Crippen molar-refractivity contribution in [2.75, 3.05) is 18.4 Å². The first-order valence-electron chi connectivity index (χ1n) is 10.1. The van der Waals surface area contributed by atoms with Gasteiger partial charge < -0.3 is 15.2 Å². The Hall–Kier alpha value is -4.01. The summed E-state index contributed by atoms with van der Waals surface area (Å²) in [5.74, 6) is 0.731. The second-order valence-corrected chi connectivity index (χ2v) is 7.66. The standard InChI is InChI=1S/C22H21N7O2/c1-2-19(30)28-11-14(12-28)7-8-29-20(31)6-3-15-10-23-22(27-21(15)29)26-16-4-5-17-18(9-16)25-13-24-17/h2-6,9-10,13-14H,1,7-8,11-12H2,(H,24,25)(H,23,26,27). The number of pyridine rings is 1. The summed E-state index contributed by atoms with van der Waals surface area (Å²) in [4.78, 5) is 42.2. The Bertz CT molecular complexity index is 1350. The Kier molecular flexibility index (Phi) is 4.70. The second kappa shape index (κ2) is 7.67. The van der Waals surface area contributed by atoms with Crippen molar-refractivity contribution in [2.45, 2.75) is 13.0 Å². The van der Waals surface area contributed by atoms with Gasteiger partial charge in [0.15, 0.2) is 0 Å². The first-order chi connectivity index (χ1) is 15.1. The van der Waals surface area contributed by atoms with Crippen LogP contribution in [0.2, 0.25) is 0 Å². The van der Waals surface area contributed by atoms with E-state index in [0.29, 0.717) is 37.1 Å². The van der Waals surface area contributed by atoms with Gasteiger partial charge in [0, 0.05) is 43.0 Å². The van der Waals surface area contributed by atoms with Gasteiger partial charge in [0.05, 0.1) is 17.4 Å². The number of benzene rings is 1. The van der Waals surface area contributed by atoms with E-state index in [1.807, 2.05) is 18.2 Å². The summed E-state index contributed by atoms with van der Waals surface area (Å²) in [6, 6.07) is 9.03. The molecule has 1 saturated heterocycles. The van der Waals surface area contributed by atoms with E-state index in [1.54, 1.807) is 34.1 Å². The van der Waals surface area contributed by atoms with Gasteiger partial charge in [0.25, 0.3) is 5.56 Å². The van der Waals surface area contributed by atoms with Crippen LogP contribution in [-0.2, 0) is 11.3 Å². The van der Waals surface area contributed by atoms with Crippen LogP contribution in [0.4, 0.5) is 11.6 Å². The smallest absolute Gasteiger partial charge is 0.252 e. The van der Waals surface area contributed by atoms with E-state index >= 15 is 0 Å². The number of anilines is 2. The number of aromatic nitrogens is 5. The van der Waals surface area contributed by atoms with Gasteiger partial charge in [-0.05, 0) is 42.7 Å². The van der Waals surface area contributed by atoms with Crippen LogP contribution in [0.1, 0.15) is 6.42 Å². The van der Waals surface area contributed by atoms with Crippen molar-refractivity contribution in [2.24, 2.45) is 5.92 Å². The minimum atomic E-state index is -0.103. The Morgan fingerprint density at radius 3 is 2.97 bits per heavy atom. The molecule has 0 atom stereocenters. The fourth-order valence-corrected chi connectivity index (χ4v) is 3.86. The van der Waals surface area contributed by atoms with Crippen LogP contribution in [0.3, 0.4) is 0 Å². The third-order valence-electron chi connectivity index (χ3n) is 5.61. The Morgan fingerprint density at radius 2 is 2.13 bits per heavy atom. The largest absolute Gasteiger partial charge is 0.345 e. The number of hydrogen-bond donors (Lipinski definition) is 2. The van der Waals surface area contributed by atoms with Crippen molar-refractivity contribution in [3.05, 3.63) is 65.9 Å². The average Bonchev–Trinajstić information content (AvgIpc) is 3.21. The normalized spacial score (nSPS) is 14.0. The van der Waals surface area contributed by atoms with E-state index in [0.717, 1.165) is 28.5 Å². The predicted octanol–water partition coefficient (Wildman–Crippen LogP) is 2.45. The highest BCUT2D eigenvalue weighted by atomic mass is 16.2. The number of H-pyrrole nitrogens is 1. The molecule has 31 heavy (non-hydrogen) atoms. The molecule has 0 spiro atoms. The van der Waals surface area contributed by atoms with E-state index < -0.39 is 0 Å². The number of nitrogens with zero attached hydrogens (tertiary/aromatic N) is 5. The van der Waals surface area contributed by atoms with E-state index in [-0.39, 0.29) is 11.5 Å². The van der Waals surface area contributed by atoms with Crippen LogP contribution in [0, 0.1) is 5.92 Å². The summed E-state index contributed by atoms with van der Waals surface area (Å²) in [7, 11) is 0. The van der Waals surface area contributed by atoms with Crippen LogP contribution in [0.15, 0.2) is 60.3 Å². The van der Waals surface area contributed by atoms with Gasteiger partial charge in [0.1, 0.15) is 5.65 Å². The zero-order valence-corrected chi connectivity index (χ0v) is 16.8. The summed E-state index contributed by atoms with van der Waals surface area (Å²) in [5.41, 5.74) is 3.08. The zero-order valence-electron chi connectivity index (χ0n) is 16.8. The first-order valence-corrected chi connectivity index (χ1v) is 10.1. The molecule has 0 radical (unpaired) electrons. The molecule has 0 bridgehead atoms. The molecule has 9 heteroatoms. The van der Waals surface area contributed by atoms with E-state index in [2.05, 4.69) is 31.8 Å². The van der Waals surface area contributed by atoms with Crippen molar-refractivity contribution >= 4 is 39.6 Å². The number of fused-ring (bicyclic) bond motifs is 2. The Morgan fingerprint density at radius 1 is 1.26 bits per heavy atom. The summed E-state index contributed by atoms with van der Waals surface area (Å²) in [6.45, 7) is 5.44. The van der Waals surface area contributed by atoms with Crippen molar-refractivity contribution < 1.29 is 4.79 Å². The first kappa shape index (κ1) is 19.0. The lowest BCUT2D eigenvalue weighted by Crippen LogP contribution is -2.49. The summed E-state index contributed by atoms with van der Waals surface area (Å²) < 4.78 is 1.68. The highest BCUT2D eigenvalue weighted by Crippen LogP contribution is 2.22. The SMILES string of the molecule is C=CC(=O)N1CC(CCn2c(=O)ccc3cnc(Nc4ccc5[nH]cnc5c4)nc32)C1. The molecule has 2 N–H and O–H groups in total. The summed E-state index contributed by atoms with van der Waals surface area (Å²) in [6.07, 6.45) is 5.49. The van der Waals surface area contributed by atoms with Gasteiger partial charge >= 0.3 is 0 Å². The summed E-state index contributed by atoms with van der Waals surface area (Å²) in [5, 5.41) is 3.99. The third-order valence-corrected chi connectivity index (χ3v) is 5.61. The fourth-order valence-electron chi connectivity index (χ4n) is 3.86. The third kappa shape index (κ3) is 3.65. The molecule has 0 saturated carbocycles. The zero-order chi connectivity index (χ0) is 21.4. The highest BCUT2D eigenvalue weighted by molar-refractivity contribution is 5.87. The second-order valence-electron chi connectivity index (χ2n) is 7.66. The molecular weight excluding hydrogens is 394 g/mol. The number of aromatic amines is 1. The van der Waals surface area contributed by atoms with E-state index in [4.69, 9.17) is 0 Å². The molecule has 0 unspecified atom stereocenters. The van der Waals surface area contributed by atoms with Crippen LogP contribution in [-0.4, -0.2) is 48.4 Å². The molecule has 1 fully saturated rings.